The van der Waals surface area contributed by atoms with E-state index in [2.05, 4.69) is 20.3 Å². The smallest absolute Gasteiger partial charge is 0.416 e. The second-order valence-corrected chi connectivity index (χ2v) is 7.50. The van der Waals surface area contributed by atoms with Crippen molar-refractivity contribution in [3.05, 3.63) is 71.6 Å². The van der Waals surface area contributed by atoms with E-state index in [1.807, 2.05) is 23.0 Å². The Labute approximate surface area is 192 Å². The lowest BCUT2D eigenvalue weighted by Gasteiger charge is -2.13. The summed E-state index contributed by atoms with van der Waals surface area (Å²) in [5, 5.41) is 3.46. The first-order chi connectivity index (χ1) is 15.8. The quantitative estimate of drug-likeness (QED) is 0.302. The highest BCUT2D eigenvalue weighted by Crippen LogP contribution is 2.36. The Hall–Kier alpha value is -3.59. The average Bonchev–Trinajstić information content (AvgIpc) is 3.20. The van der Waals surface area contributed by atoms with Crippen LogP contribution in [0.15, 0.2) is 66.0 Å². The third-order valence-electron chi connectivity index (χ3n) is 4.82. The molecule has 0 aliphatic rings. The molecule has 0 amide bonds. The molecular weight excluding hydrogens is 455 g/mol. The summed E-state index contributed by atoms with van der Waals surface area (Å²) in [4.78, 5) is 12.7. The zero-order chi connectivity index (χ0) is 23.4. The molecule has 0 fully saturated rings. The molecule has 0 radical (unpaired) electrons. The van der Waals surface area contributed by atoms with E-state index >= 15 is 0 Å². The third kappa shape index (κ3) is 5.25. The maximum atomic E-state index is 12.9. The molecule has 2 aromatic heterocycles. The van der Waals surface area contributed by atoms with E-state index in [4.69, 9.17) is 16.3 Å². The average molecular weight is 474 g/mol. The fourth-order valence-corrected chi connectivity index (χ4v) is 3.52. The van der Waals surface area contributed by atoms with E-state index in [0.717, 1.165) is 29.6 Å². The topological polar surface area (TPSA) is 64.3 Å². The van der Waals surface area contributed by atoms with E-state index in [1.54, 1.807) is 25.2 Å². The molecule has 0 saturated carbocycles. The molecular formula is C23H19ClF3N5O. The number of halogens is 4. The van der Waals surface area contributed by atoms with Crippen molar-refractivity contribution in [3.63, 3.8) is 0 Å². The molecule has 0 saturated heterocycles. The fraction of sp³-hybridized carbons (Fsp3) is 0.174. The molecule has 0 spiro atoms. The maximum Gasteiger partial charge on any atom is 0.416 e. The predicted molar refractivity (Wildman–Crippen MR) is 123 cm³/mol. The first-order valence-corrected chi connectivity index (χ1v) is 10.3. The van der Waals surface area contributed by atoms with Crippen LogP contribution in [0.25, 0.3) is 11.0 Å². The molecule has 2 aromatic carbocycles. The molecule has 170 valence electrons. The minimum Gasteiger partial charge on any atom is -0.456 e. The van der Waals surface area contributed by atoms with Crippen LogP contribution in [0, 0.1) is 0 Å². The summed E-state index contributed by atoms with van der Waals surface area (Å²) in [7, 11) is 1.73. The van der Waals surface area contributed by atoms with Crippen LogP contribution in [0.5, 0.6) is 11.5 Å². The lowest BCUT2D eigenvalue weighted by molar-refractivity contribution is -0.137. The van der Waals surface area contributed by atoms with Crippen LogP contribution >= 0.6 is 11.6 Å². The molecule has 0 aliphatic heterocycles. The van der Waals surface area contributed by atoms with Crippen molar-refractivity contribution in [1.82, 2.24) is 14.5 Å². The summed E-state index contributed by atoms with van der Waals surface area (Å²) in [5.41, 5.74) is 1.47. The summed E-state index contributed by atoms with van der Waals surface area (Å²) in [5.74, 6) is 0.871. The Bertz CT molecular complexity index is 1300. The summed E-state index contributed by atoms with van der Waals surface area (Å²) in [6.07, 6.45) is 1.55. The number of aromatic nitrogens is 3. The van der Waals surface area contributed by atoms with E-state index in [9.17, 15) is 13.2 Å². The van der Waals surface area contributed by atoms with Gasteiger partial charge in [-0.15, -0.1) is 0 Å². The van der Waals surface area contributed by atoms with E-state index in [1.165, 1.54) is 18.5 Å². The Morgan fingerprint density at radius 1 is 1.15 bits per heavy atom. The fourth-order valence-electron chi connectivity index (χ4n) is 3.30. The van der Waals surface area contributed by atoms with Crippen LogP contribution in [0.3, 0.4) is 0 Å². The van der Waals surface area contributed by atoms with Gasteiger partial charge in [0.15, 0.2) is 5.82 Å². The molecule has 0 atom stereocenters. The van der Waals surface area contributed by atoms with Crippen LogP contribution in [-0.4, -0.2) is 27.8 Å². The Morgan fingerprint density at radius 2 is 2.00 bits per heavy atom. The number of hydrogen-bond acceptors (Lipinski definition) is 5. The number of anilines is 2. The van der Waals surface area contributed by atoms with Crippen LogP contribution in [0.1, 0.15) is 12.0 Å². The summed E-state index contributed by atoms with van der Waals surface area (Å²) >= 11 is 6.35. The van der Waals surface area contributed by atoms with Crippen molar-refractivity contribution in [2.75, 3.05) is 12.4 Å². The van der Waals surface area contributed by atoms with Crippen molar-refractivity contribution in [2.24, 2.45) is 4.99 Å². The molecule has 6 nitrogen and oxygen atoms in total. The predicted octanol–water partition coefficient (Wildman–Crippen LogP) is 6.73. The molecule has 1 N–H and O–H groups in total. The van der Waals surface area contributed by atoms with E-state index in [-0.39, 0.29) is 16.5 Å². The molecule has 10 heteroatoms. The number of fused-ring (bicyclic) bond motifs is 1. The third-order valence-corrected chi connectivity index (χ3v) is 5.11. The summed E-state index contributed by atoms with van der Waals surface area (Å²) < 4.78 is 46.4. The Balaban J connectivity index is 1.56. The van der Waals surface area contributed by atoms with Crippen molar-refractivity contribution >= 4 is 40.4 Å². The highest BCUT2D eigenvalue weighted by Gasteiger charge is 2.30. The number of rotatable bonds is 7. The molecule has 4 aromatic rings. The van der Waals surface area contributed by atoms with Gasteiger partial charge < -0.3 is 19.6 Å². The number of ether oxygens (including phenoxy) is 1. The SMILES string of the molecule is CN=CCCn1ccc2ncnc(Nc3ccc(Oc4cccc(C(F)(F)F)c4)c(Cl)c3)c21. The van der Waals surface area contributed by atoms with Gasteiger partial charge in [-0.2, -0.15) is 13.2 Å². The van der Waals surface area contributed by atoms with Gasteiger partial charge in [-0.25, -0.2) is 9.97 Å². The van der Waals surface area contributed by atoms with Gasteiger partial charge in [0.2, 0.25) is 0 Å². The van der Waals surface area contributed by atoms with Gasteiger partial charge in [0, 0.05) is 38.1 Å². The summed E-state index contributed by atoms with van der Waals surface area (Å²) in [6, 6.07) is 11.4. The number of aryl methyl sites for hydroxylation is 1. The number of benzene rings is 2. The molecule has 0 aliphatic carbocycles. The lowest BCUT2D eigenvalue weighted by Crippen LogP contribution is -2.04. The van der Waals surface area contributed by atoms with Crippen molar-refractivity contribution in [3.8, 4) is 11.5 Å². The normalized spacial score (nSPS) is 11.9. The minimum atomic E-state index is -4.46. The van der Waals surface area contributed by atoms with Gasteiger partial charge >= 0.3 is 6.18 Å². The number of nitrogens with one attached hydrogen (secondary N) is 1. The minimum absolute atomic E-state index is 0.0402. The maximum absolute atomic E-state index is 12.9. The largest absolute Gasteiger partial charge is 0.456 e. The van der Waals surface area contributed by atoms with Crippen molar-refractivity contribution in [1.29, 1.82) is 0 Å². The van der Waals surface area contributed by atoms with Crippen LogP contribution in [0.2, 0.25) is 5.02 Å². The second-order valence-electron chi connectivity index (χ2n) is 7.09. The number of alkyl halides is 3. The molecule has 33 heavy (non-hydrogen) atoms. The van der Waals surface area contributed by atoms with Crippen LogP contribution in [-0.2, 0) is 12.7 Å². The van der Waals surface area contributed by atoms with Gasteiger partial charge in [-0.1, -0.05) is 17.7 Å². The number of aliphatic imine (C=N–C) groups is 1. The number of hydrogen-bond donors (Lipinski definition) is 1. The van der Waals surface area contributed by atoms with E-state index < -0.39 is 11.7 Å². The standard InChI is InChI=1S/C23H19ClF3N5O/c1-28-9-3-10-32-11-8-19-21(32)22(30-14-29-19)31-16-6-7-20(18(24)13-16)33-17-5-2-4-15(12-17)23(25,26)27/h2,4-9,11-14H,3,10H2,1H3,(H,29,30,31). The second kappa shape index (κ2) is 9.50. The van der Waals surface area contributed by atoms with Gasteiger partial charge in [0.1, 0.15) is 23.3 Å². The van der Waals surface area contributed by atoms with Gasteiger partial charge in [-0.05, 0) is 42.5 Å². The molecule has 0 unspecified atom stereocenters. The lowest BCUT2D eigenvalue weighted by atomic mass is 10.2. The molecule has 0 bridgehead atoms. The molecule has 4 rings (SSSR count). The van der Waals surface area contributed by atoms with Gasteiger partial charge in [0.05, 0.1) is 16.1 Å². The Kier molecular flexibility index (Phi) is 6.50. The zero-order valence-corrected chi connectivity index (χ0v) is 18.2. The zero-order valence-electron chi connectivity index (χ0n) is 17.5. The van der Waals surface area contributed by atoms with Crippen LogP contribution in [0.4, 0.5) is 24.7 Å². The molecule has 2 heterocycles. The van der Waals surface area contributed by atoms with Gasteiger partial charge in [0.25, 0.3) is 0 Å². The highest BCUT2D eigenvalue weighted by molar-refractivity contribution is 6.32. The highest BCUT2D eigenvalue weighted by atomic mass is 35.5. The number of nitrogens with zero attached hydrogens (tertiary/aromatic N) is 4. The van der Waals surface area contributed by atoms with Crippen LogP contribution < -0.4 is 10.1 Å². The monoisotopic (exact) mass is 473 g/mol. The van der Waals surface area contributed by atoms with Crippen molar-refractivity contribution in [2.45, 2.75) is 19.1 Å². The van der Waals surface area contributed by atoms with Gasteiger partial charge in [-0.3, -0.25) is 0 Å². The van der Waals surface area contributed by atoms with Crippen molar-refractivity contribution < 1.29 is 17.9 Å². The van der Waals surface area contributed by atoms with E-state index in [0.29, 0.717) is 18.1 Å². The first-order valence-electron chi connectivity index (χ1n) is 9.97. The Morgan fingerprint density at radius 3 is 2.76 bits per heavy atom. The first kappa shape index (κ1) is 22.6. The summed E-state index contributed by atoms with van der Waals surface area (Å²) in [6.45, 7) is 0.716.